The van der Waals surface area contributed by atoms with Crippen LogP contribution in [0.2, 0.25) is 0 Å². The molecule has 0 saturated heterocycles. The van der Waals surface area contributed by atoms with E-state index in [0.717, 1.165) is 0 Å². The molecule has 1 aromatic rings. The van der Waals surface area contributed by atoms with E-state index in [0.29, 0.717) is 0 Å². The Morgan fingerprint density at radius 1 is 0.436 bits per heavy atom. The Balaban J connectivity index is 2.25. The quantitative estimate of drug-likeness (QED) is 0.0648. The zero-order chi connectivity index (χ0) is 28.1. The van der Waals surface area contributed by atoms with E-state index in [9.17, 15) is 0 Å². The van der Waals surface area contributed by atoms with Gasteiger partial charge in [-0.3, -0.25) is 0 Å². The molecule has 1 heterocycles. The molecule has 1 rings (SSSR count). The smallest absolute Gasteiger partial charge is 0.234 e. The van der Waals surface area contributed by atoms with Gasteiger partial charge in [0.2, 0.25) is 0 Å². The van der Waals surface area contributed by atoms with Gasteiger partial charge in [-0.25, -0.2) is 9.13 Å². The van der Waals surface area contributed by atoms with Gasteiger partial charge in [0, 0.05) is 6.42 Å². The predicted octanol–water partition coefficient (Wildman–Crippen LogP) is 12.3. The molecular formula is C37H73N2+. The van der Waals surface area contributed by atoms with Crippen molar-refractivity contribution in [2.75, 3.05) is 0 Å². The number of aryl methyl sites for hydroxylation is 2. The highest BCUT2D eigenvalue weighted by atomic mass is 15.1. The average Bonchev–Trinajstić information content (AvgIpc) is 3.33. The van der Waals surface area contributed by atoms with E-state index in [2.05, 4.69) is 42.3 Å². The lowest BCUT2D eigenvalue weighted by Gasteiger charge is -2.07. The lowest BCUT2D eigenvalue weighted by molar-refractivity contribution is -0.704. The van der Waals surface area contributed by atoms with Crippen LogP contribution in [0.15, 0.2) is 12.4 Å². The van der Waals surface area contributed by atoms with E-state index < -0.39 is 0 Å². The monoisotopic (exact) mass is 546 g/mol. The van der Waals surface area contributed by atoms with Gasteiger partial charge in [-0.15, -0.1) is 0 Å². The summed E-state index contributed by atoms with van der Waals surface area (Å²) in [4.78, 5) is 0. The molecule has 0 unspecified atom stereocenters. The number of hydrogen-bond donors (Lipinski definition) is 0. The molecule has 39 heavy (non-hydrogen) atoms. The summed E-state index contributed by atoms with van der Waals surface area (Å²) < 4.78 is 5.24. The van der Waals surface area contributed by atoms with Gasteiger partial charge >= 0.3 is 0 Å². The van der Waals surface area contributed by atoms with Crippen LogP contribution in [-0.4, -0.2) is 4.57 Å². The Morgan fingerprint density at radius 3 is 1.23 bits per heavy atom. The second-order valence-electron chi connectivity index (χ2n) is 12.7. The van der Waals surface area contributed by atoms with E-state index in [1.54, 1.807) is 5.82 Å². The molecule has 230 valence electrons. The van der Waals surface area contributed by atoms with Gasteiger partial charge in [0.15, 0.2) is 0 Å². The van der Waals surface area contributed by atoms with Crippen molar-refractivity contribution in [3.05, 3.63) is 18.2 Å². The molecule has 0 radical (unpaired) electrons. The summed E-state index contributed by atoms with van der Waals surface area (Å²) >= 11 is 0. The molecular weight excluding hydrogens is 472 g/mol. The van der Waals surface area contributed by atoms with Crippen LogP contribution in [0.3, 0.4) is 0 Å². The molecule has 0 saturated carbocycles. The molecule has 2 nitrogen and oxygen atoms in total. The molecule has 0 fully saturated rings. The van der Waals surface area contributed by atoms with Gasteiger partial charge in [0.05, 0.1) is 13.1 Å². The Bertz CT molecular complexity index is 605. The number of nitrogens with zero attached hydrogens (tertiary/aromatic N) is 2. The standard InChI is InChI=1S/C37H73N2/c1-4-7-10-13-15-17-19-20-21-23-25-28-31-34-39-36-35-38(33-30-27-12-9-6-3)37(39)32-29-26-24-22-18-16-14-11-8-5-2/h35-36H,4-34H2,1-3H3/q+1. The maximum atomic E-state index is 2.62. The first-order chi connectivity index (χ1) is 19.3. The van der Waals surface area contributed by atoms with Crippen LogP contribution < -0.4 is 4.57 Å². The summed E-state index contributed by atoms with van der Waals surface area (Å²) in [6.07, 6.45) is 45.9. The Hall–Kier alpha value is -0.790. The van der Waals surface area contributed by atoms with E-state index in [-0.39, 0.29) is 0 Å². The normalized spacial score (nSPS) is 11.6. The average molecular weight is 546 g/mol. The highest BCUT2D eigenvalue weighted by Crippen LogP contribution is 2.15. The predicted molar refractivity (Wildman–Crippen MR) is 175 cm³/mol. The molecule has 0 bridgehead atoms. The fraction of sp³-hybridized carbons (Fsp3) is 0.919. The molecule has 0 N–H and O–H groups in total. The number of unbranched alkanes of at least 4 members (excludes halogenated alkanes) is 25. The Labute approximate surface area is 247 Å². The molecule has 0 aromatic carbocycles. The molecule has 0 aliphatic rings. The van der Waals surface area contributed by atoms with E-state index in [4.69, 9.17) is 0 Å². The highest BCUT2D eigenvalue weighted by Gasteiger charge is 2.16. The summed E-state index contributed by atoms with van der Waals surface area (Å²) in [6, 6.07) is 0. The minimum Gasteiger partial charge on any atom is -0.234 e. The van der Waals surface area contributed by atoms with Gasteiger partial charge in [-0.05, 0) is 32.1 Å². The maximum Gasteiger partial charge on any atom is 0.256 e. The summed E-state index contributed by atoms with van der Waals surface area (Å²) in [7, 11) is 0. The third-order valence-corrected chi connectivity index (χ3v) is 8.85. The third-order valence-electron chi connectivity index (χ3n) is 8.85. The van der Waals surface area contributed by atoms with Crippen molar-refractivity contribution in [2.45, 2.75) is 220 Å². The van der Waals surface area contributed by atoms with Crippen molar-refractivity contribution in [1.82, 2.24) is 4.57 Å². The number of rotatable bonds is 31. The molecule has 0 aliphatic carbocycles. The summed E-state index contributed by atoms with van der Waals surface area (Å²) in [5.41, 5.74) is 0. The molecule has 2 heteroatoms. The van der Waals surface area contributed by atoms with E-state index in [1.165, 1.54) is 199 Å². The van der Waals surface area contributed by atoms with Crippen LogP contribution in [0, 0.1) is 0 Å². The Kier molecular flexibility index (Phi) is 26.7. The maximum absolute atomic E-state index is 2.62. The van der Waals surface area contributed by atoms with Crippen LogP contribution in [0.25, 0.3) is 0 Å². The van der Waals surface area contributed by atoms with Crippen LogP contribution in [-0.2, 0) is 19.5 Å². The summed E-state index contributed by atoms with van der Waals surface area (Å²) in [6.45, 7) is 9.39. The van der Waals surface area contributed by atoms with Crippen molar-refractivity contribution in [3.63, 3.8) is 0 Å². The van der Waals surface area contributed by atoms with Crippen molar-refractivity contribution in [1.29, 1.82) is 0 Å². The van der Waals surface area contributed by atoms with E-state index >= 15 is 0 Å². The van der Waals surface area contributed by atoms with Gasteiger partial charge in [0.25, 0.3) is 5.82 Å². The lowest BCUT2D eigenvalue weighted by Crippen LogP contribution is -2.37. The molecule has 0 spiro atoms. The zero-order valence-electron chi connectivity index (χ0n) is 27.5. The number of hydrogen-bond acceptors (Lipinski definition) is 0. The summed E-state index contributed by atoms with van der Waals surface area (Å²) in [5.74, 6) is 1.61. The largest absolute Gasteiger partial charge is 0.256 e. The first kappa shape index (κ1) is 36.2. The fourth-order valence-corrected chi connectivity index (χ4v) is 6.15. The van der Waals surface area contributed by atoms with Gasteiger partial charge < -0.3 is 0 Å². The molecule has 0 aliphatic heterocycles. The third kappa shape index (κ3) is 21.6. The first-order valence-corrected chi connectivity index (χ1v) is 18.4. The van der Waals surface area contributed by atoms with Crippen molar-refractivity contribution in [3.8, 4) is 0 Å². The van der Waals surface area contributed by atoms with Crippen LogP contribution >= 0.6 is 0 Å². The minimum absolute atomic E-state index is 1.22. The van der Waals surface area contributed by atoms with Gasteiger partial charge in [0.1, 0.15) is 12.4 Å². The molecule has 0 amide bonds. The number of imidazole rings is 1. The lowest BCUT2D eigenvalue weighted by atomic mass is 10.0. The highest BCUT2D eigenvalue weighted by molar-refractivity contribution is 4.84. The minimum atomic E-state index is 1.22. The van der Waals surface area contributed by atoms with Crippen molar-refractivity contribution < 1.29 is 4.57 Å². The second kappa shape index (κ2) is 28.7. The summed E-state index contributed by atoms with van der Waals surface area (Å²) in [5, 5.41) is 0. The van der Waals surface area contributed by atoms with Gasteiger partial charge in [-0.2, -0.15) is 0 Å². The molecule has 0 atom stereocenters. The van der Waals surface area contributed by atoms with Crippen molar-refractivity contribution >= 4 is 0 Å². The van der Waals surface area contributed by atoms with Crippen LogP contribution in [0.4, 0.5) is 0 Å². The SMILES string of the molecule is CCCCCCCCCCCCCCCn1cc[n+](CCCCCCC)c1CCCCCCCCCCCC. The topological polar surface area (TPSA) is 8.81 Å². The second-order valence-corrected chi connectivity index (χ2v) is 12.7. The fourth-order valence-electron chi connectivity index (χ4n) is 6.15. The number of aromatic nitrogens is 2. The van der Waals surface area contributed by atoms with Gasteiger partial charge in [-0.1, -0.05) is 168 Å². The van der Waals surface area contributed by atoms with E-state index in [1.807, 2.05) is 0 Å². The van der Waals surface area contributed by atoms with Crippen molar-refractivity contribution in [2.24, 2.45) is 0 Å². The molecule has 1 aromatic heterocycles. The Morgan fingerprint density at radius 2 is 0.795 bits per heavy atom. The first-order valence-electron chi connectivity index (χ1n) is 18.4. The van der Waals surface area contributed by atoms with Crippen LogP contribution in [0.1, 0.15) is 206 Å². The van der Waals surface area contributed by atoms with Crippen LogP contribution in [0.5, 0.6) is 0 Å². The zero-order valence-corrected chi connectivity index (χ0v) is 27.5.